The predicted octanol–water partition coefficient (Wildman–Crippen LogP) is 3.77. The van der Waals surface area contributed by atoms with Crippen LogP contribution in [0.3, 0.4) is 0 Å². The van der Waals surface area contributed by atoms with E-state index in [-0.39, 0.29) is 11.8 Å². The van der Waals surface area contributed by atoms with Crippen LogP contribution in [0.5, 0.6) is 0 Å². The first-order chi connectivity index (χ1) is 12.0. The zero-order chi connectivity index (χ0) is 18.0. The third kappa shape index (κ3) is 4.16. The number of aromatic nitrogens is 2. The van der Waals surface area contributed by atoms with Crippen LogP contribution in [-0.4, -0.2) is 21.0 Å². The summed E-state index contributed by atoms with van der Waals surface area (Å²) < 4.78 is 1.94. The van der Waals surface area contributed by atoms with Gasteiger partial charge in [-0.25, -0.2) is 9.98 Å². The van der Waals surface area contributed by atoms with E-state index in [4.69, 9.17) is 5.73 Å². The summed E-state index contributed by atoms with van der Waals surface area (Å²) in [6, 6.07) is 4.03. The van der Waals surface area contributed by atoms with Crippen LogP contribution in [0.25, 0.3) is 5.65 Å². The number of rotatable bonds is 6. The number of pyridine rings is 1. The summed E-state index contributed by atoms with van der Waals surface area (Å²) in [5.74, 6) is -0.0534. The number of aliphatic imine (C=N–C) groups is 1. The third-order valence-electron chi connectivity index (χ3n) is 4.59. The second kappa shape index (κ2) is 7.21. The molecule has 1 amide bonds. The molecule has 1 saturated carbocycles. The molecule has 3 rings (SSSR count). The first-order valence-electron chi connectivity index (χ1n) is 9.01. The van der Waals surface area contributed by atoms with Gasteiger partial charge in [0.15, 0.2) is 0 Å². The fourth-order valence-corrected chi connectivity index (χ4v) is 2.82. The van der Waals surface area contributed by atoms with Crippen LogP contribution in [-0.2, 0) is 4.79 Å². The lowest BCUT2D eigenvalue weighted by Crippen LogP contribution is -2.11. The molecule has 1 aliphatic rings. The molecule has 2 N–H and O–H groups in total. The normalized spacial score (nSPS) is 17.1. The molecule has 1 unspecified atom stereocenters. The number of hydrogen-bond donors (Lipinski definition) is 1. The van der Waals surface area contributed by atoms with Crippen molar-refractivity contribution < 1.29 is 4.79 Å². The fourth-order valence-electron chi connectivity index (χ4n) is 2.82. The lowest BCUT2D eigenvalue weighted by molar-refractivity contribution is -0.118. The quantitative estimate of drug-likeness (QED) is 0.815. The van der Waals surface area contributed by atoms with E-state index in [1.165, 1.54) is 0 Å². The molecule has 0 saturated heterocycles. The van der Waals surface area contributed by atoms with Crippen molar-refractivity contribution in [2.45, 2.75) is 52.4 Å². The van der Waals surface area contributed by atoms with E-state index in [0.717, 1.165) is 54.0 Å². The SMILES string of the molecule is CCCC(/C=C(\N)C1CC1)=NC(=O)C(C)c1cn2ccc(C)cc2n1. The number of amides is 1. The van der Waals surface area contributed by atoms with Gasteiger partial charge < -0.3 is 10.1 Å². The van der Waals surface area contributed by atoms with Crippen LogP contribution in [0, 0.1) is 12.8 Å². The molecule has 1 aliphatic carbocycles. The molecule has 25 heavy (non-hydrogen) atoms. The van der Waals surface area contributed by atoms with Crippen molar-refractivity contribution in [1.29, 1.82) is 0 Å². The Balaban J connectivity index is 1.82. The second-order valence-corrected chi connectivity index (χ2v) is 6.97. The number of fused-ring (bicyclic) bond motifs is 1. The van der Waals surface area contributed by atoms with E-state index in [0.29, 0.717) is 5.92 Å². The Hall–Kier alpha value is -2.43. The summed E-state index contributed by atoms with van der Waals surface area (Å²) >= 11 is 0. The maximum Gasteiger partial charge on any atom is 0.254 e. The van der Waals surface area contributed by atoms with Crippen LogP contribution in [0.15, 0.2) is 41.3 Å². The van der Waals surface area contributed by atoms with E-state index in [9.17, 15) is 4.79 Å². The Morgan fingerprint density at radius 3 is 2.96 bits per heavy atom. The molecule has 0 spiro atoms. The molecule has 2 aromatic heterocycles. The van der Waals surface area contributed by atoms with Gasteiger partial charge in [-0.15, -0.1) is 0 Å². The zero-order valence-electron chi connectivity index (χ0n) is 15.2. The average Bonchev–Trinajstić information content (AvgIpc) is 3.34. The maximum atomic E-state index is 12.6. The smallest absolute Gasteiger partial charge is 0.254 e. The van der Waals surface area contributed by atoms with E-state index in [1.54, 1.807) is 0 Å². The molecule has 5 heteroatoms. The summed E-state index contributed by atoms with van der Waals surface area (Å²) in [6.07, 6.45) is 9.75. The van der Waals surface area contributed by atoms with E-state index >= 15 is 0 Å². The highest BCUT2D eigenvalue weighted by Crippen LogP contribution is 2.33. The van der Waals surface area contributed by atoms with Crippen LogP contribution < -0.4 is 5.73 Å². The lowest BCUT2D eigenvalue weighted by Gasteiger charge is -2.06. The van der Waals surface area contributed by atoms with Crippen molar-refractivity contribution in [3.05, 3.63) is 47.6 Å². The minimum atomic E-state index is -0.373. The lowest BCUT2D eigenvalue weighted by atomic mass is 10.1. The summed E-state index contributed by atoms with van der Waals surface area (Å²) in [6.45, 7) is 5.97. The molecule has 1 fully saturated rings. The van der Waals surface area contributed by atoms with Crippen molar-refractivity contribution >= 4 is 17.3 Å². The van der Waals surface area contributed by atoms with Crippen molar-refractivity contribution in [1.82, 2.24) is 9.38 Å². The number of imidazole rings is 1. The number of carbonyl (C=O) groups is 1. The first-order valence-corrected chi connectivity index (χ1v) is 9.01. The summed E-state index contributed by atoms with van der Waals surface area (Å²) in [4.78, 5) is 21.6. The molecule has 5 nitrogen and oxygen atoms in total. The Bertz CT molecular complexity index is 842. The molecule has 0 radical (unpaired) electrons. The van der Waals surface area contributed by atoms with Gasteiger partial charge in [0, 0.05) is 23.8 Å². The number of carbonyl (C=O) groups excluding carboxylic acids is 1. The minimum Gasteiger partial charge on any atom is -0.402 e. The van der Waals surface area contributed by atoms with E-state index in [2.05, 4.69) is 16.9 Å². The standard InChI is InChI=1S/C20H26N4O/c1-4-5-16(11-17(21)15-6-7-15)22-20(25)14(3)18-12-24-9-8-13(2)10-19(24)23-18/h8-12,14-15H,4-7,21H2,1-3H3/b17-11-,22-16?. The highest BCUT2D eigenvalue weighted by molar-refractivity contribution is 6.04. The van der Waals surface area contributed by atoms with Gasteiger partial charge >= 0.3 is 0 Å². The molecule has 1 atom stereocenters. The van der Waals surface area contributed by atoms with Crippen molar-refractivity contribution in [2.75, 3.05) is 0 Å². The van der Waals surface area contributed by atoms with Gasteiger partial charge in [-0.1, -0.05) is 13.3 Å². The Kier molecular flexibility index (Phi) is 5.02. The average molecular weight is 338 g/mol. The van der Waals surface area contributed by atoms with Gasteiger partial charge in [-0.2, -0.15) is 0 Å². The van der Waals surface area contributed by atoms with Gasteiger partial charge in [0.25, 0.3) is 5.91 Å². The summed E-state index contributed by atoms with van der Waals surface area (Å²) in [5.41, 5.74) is 10.5. The molecular weight excluding hydrogens is 312 g/mol. The third-order valence-corrected chi connectivity index (χ3v) is 4.59. The molecule has 0 aromatic carbocycles. The number of aryl methyl sites for hydroxylation is 1. The molecule has 132 valence electrons. The second-order valence-electron chi connectivity index (χ2n) is 6.97. The van der Waals surface area contributed by atoms with Crippen molar-refractivity contribution in [3.63, 3.8) is 0 Å². The van der Waals surface area contributed by atoms with Crippen LogP contribution in [0.4, 0.5) is 0 Å². The van der Waals surface area contributed by atoms with Gasteiger partial charge in [-0.3, -0.25) is 4.79 Å². The first kappa shape index (κ1) is 17.4. The van der Waals surface area contributed by atoms with Crippen molar-refractivity contribution in [3.8, 4) is 0 Å². The van der Waals surface area contributed by atoms with Crippen LogP contribution in [0.1, 0.15) is 56.7 Å². The number of nitrogens with two attached hydrogens (primary N) is 1. The fraction of sp³-hybridized carbons (Fsp3) is 0.450. The summed E-state index contributed by atoms with van der Waals surface area (Å²) in [5, 5.41) is 0. The van der Waals surface area contributed by atoms with Gasteiger partial charge in [0.1, 0.15) is 5.65 Å². The van der Waals surface area contributed by atoms with E-state index in [1.807, 2.05) is 48.9 Å². The summed E-state index contributed by atoms with van der Waals surface area (Å²) in [7, 11) is 0. The topological polar surface area (TPSA) is 72.8 Å². The molecular formula is C20H26N4O. The molecule has 0 aliphatic heterocycles. The van der Waals surface area contributed by atoms with Crippen LogP contribution in [0.2, 0.25) is 0 Å². The van der Waals surface area contributed by atoms with Gasteiger partial charge in [-0.05, 0) is 62.8 Å². The predicted molar refractivity (Wildman–Crippen MR) is 101 cm³/mol. The molecule has 2 aromatic rings. The molecule has 2 heterocycles. The Labute approximate surface area is 148 Å². The van der Waals surface area contributed by atoms with Crippen LogP contribution >= 0.6 is 0 Å². The molecule has 0 bridgehead atoms. The number of allylic oxidation sites excluding steroid dienone is 2. The zero-order valence-corrected chi connectivity index (χ0v) is 15.2. The van der Waals surface area contributed by atoms with Crippen molar-refractivity contribution in [2.24, 2.45) is 16.6 Å². The largest absolute Gasteiger partial charge is 0.402 e. The number of nitrogens with zero attached hydrogens (tertiary/aromatic N) is 3. The highest BCUT2D eigenvalue weighted by atomic mass is 16.1. The highest BCUT2D eigenvalue weighted by Gasteiger charge is 2.24. The van der Waals surface area contributed by atoms with Gasteiger partial charge in [0.05, 0.1) is 11.6 Å². The maximum absolute atomic E-state index is 12.6. The Morgan fingerprint density at radius 2 is 2.28 bits per heavy atom. The van der Waals surface area contributed by atoms with Gasteiger partial charge in [0.2, 0.25) is 0 Å². The monoisotopic (exact) mass is 338 g/mol. The number of hydrogen-bond acceptors (Lipinski definition) is 3. The minimum absolute atomic E-state index is 0.163. The van der Waals surface area contributed by atoms with E-state index < -0.39 is 0 Å². The Morgan fingerprint density at radius 1 is 1.52 bits per heavy atom.